The highest BCUT2D eigenvalue weighted by molar-refractivity contribution is 5.99. The van der Waals surface area contributed by atoms with Gasteiger partial charge in [-0.1, -0.05) is 56.3 Å². The third-order valence-electron chi connectivity index (χ3n) is 7.30. The van der Waals surface area contributed by atoms with Crippen molar-refractivity contribution in [3.63, 3.8) is 0 Å². The summed E-state index contributed by atoms with van der Waals surface area (Å²) in [5.41, 5.74) is 5.47. The third kappa shape index (κ3) is 10.0. The zero-order valence-corrected chi connectivity index (χ0v) is 26.0. The maximum absolute atomic E-state index is 13.8. The van der Waals surface area contributed by atoms with Crippen LogP contribution in [0.1, 0.15) is 52.5 Å². The predicted molar refractivity (Wildman–Crippen MR) is 162 cm³/mol. The van der Waals surface area contributed by atoms with Crippen LogP contribution in [0.15, 0.2) is 72.8 Å². The molecule has 0 aromatic heterocycles. The number of carbonyl (C=O) groups excluding carboxylic acids is 4. The van der Waals surface area contributed by atoms with Crippen molar-refractivity contribution < 1.29 is 50.3 Å². The van der Waals surface area contributed by atoms with Gasteiger partial charge in [-0.2, -0.15) is 26.3 Å². The monoisotopic (exact) mass is 680 g/mol. The molecule has 15 heteroatoms. The average molecular weight is 681 g/mol. The number of carbonyl (C=O) groups is 4. The molecule has 48 heavy (non-hydrogen) atoms. The molecule has 0 aliphatic heterocycles. The molecule has 3 rings (SSSR count). The first-order chi connectivity index (χ1) is 22.4. The first kappa shape index (κ1) is 37.5. The van der Waals surface area contributed by atoms with E-state index in [1.54, 1.807) is 24.3 Å². The molecule has 0 saturated heterocycles. The molecule has 0 bridgehead atoms. The van der Waals surface area contributed by atoms with E-state index in [1.807, 2.05) is 0 Å². The normalized spacial score (nSPS) is 13.6. The van der Waals surface area contributed by atoms with Crippen molar-refractivity contribution in [3.8, 4) is 5.75 Å². The number of hydrogen-bond donors (Lipinski definition) is 4. The molecule has 3 aromatic carbocycles. The van der Waals surface area contributed by atoms with Gasteiger partial charge in [-0.3, -0.25) is 19.2 Å². The summed E-state index contributed by atoms with van der Waals surface area (Å²) in [5, 5.41) is 6.91. The molecule has 0 unspecified atom stereocenters. The van der Waals surface area contributed by atoms with Gasteiger partial charge in [-0.25, -0.2) is 0 Å². The Morgan fingerprint density at radius 2 is 1.40 bits per heavy atom. The minimum atomic E-state index is -5.26. The molecule has 0 saturated carbocycles. The number of alkyl halides is 6. The van der Waals surface area contributed by atoms with Gasteiger partial charge in [0, 0.05) is 18.5 Å². The zero-order chi connectivity index (χ0) is 35.8. The van der Waals surface area contributed by atoms with Gasteiger partial charge in [0.2, 0.25) is 11.8 Å². The van der Waals surface area contributed by atoms with Gasteiger partial charge in [0.05, 0.1) is 18.7 Å². The summed E-state index contributed by atoms with van der Waals surface area (Å²) >= 11 is 0. The second-order valence-electron chi connectivity index (χ2n) is 11.1. The van der Waals surface area contributed by atoms with Crippen molar-refractivity contribution in [2.24, 2.45) is 11.7 Å². The number of Topliss-reactive ketones (excluding diaryl/α,β-unsaturated/α-hetero) is 1. The summed E-state index contributed by atoms with van der Waals surface area (Å²) in [6.45, 7) is 2.80. The van der Waals surface area contributed by atoms with Crippen molar-refractivity contribution in [2.45, 2.75) is 57.3 Å². The highest BCUT2D eigenvalue weighted by Crippen LogP contribution is 2.29. The Morgan fingerprint density at radius 3 is 1.92 bits per heavy atom. The molecular weight excluding hydrogens is 646 g/mol. The summed E-state index contributed by atoms with van der Waals surface area (Å²) in [5.74, 6) is -6.05. The second-order valence-corrected chi connectivity index (χ2v) is 11.1. The van der Waals surface area contributed by atoms with E-state index in [4.69, 9.17) is 10.5 Å². The molecule has 0 aliphatic carbocycles. The fourth-order valence-corrected chi connectivity index (χ4v) is 4.62. The lowest BCUT2D eigenvalue weighted by molar-refractivity contribution is -0.175. The molecule has 0 fully saturated rings. The van der Waals surface area contributed by atoms with E-state index in [-0.39, 0.29) is 18.5 Å². The van der Waals surface area contributed by atoms with Gasteiger partial charge in [0.25, 0.3) is 11.7 Å². The van der Waals surface area contributed by atoms with Crippen LogP contribution in [0.4, 0.5) is 26.3 Å². The van der Waals surface area contributed by atoms with E-state index < -0.39 is 71.0 Å². The highest BCUT2D eigenvalue weighted by Gasteiger charge is 2.45. The van der Waals surface area contributed by atoms with Gasteiger partial charge >= 0.3 is 12.4 Å². The summed E-state index contributed by atoms with van der Waals surface area (Å²) in [7, 11) is 1.37. The zero-order valence-electron chi connectivity index (χ0n) is 26.0. The largest absolute Gasteiger partial charge is 0.497 e. The topological polar surface area (TPSA) is 140 Å². The van der Waals surface area contributed by atoms with E-state index >= 15 is 0 Å². The van der Waals surface area contributed by atoms with Crippen LogP contribution in [0.25, 0.3) is 0 Å². The maximum Gasteiger partial charge on any atom is 0.452 e. The molecule has 9 nitrogen and oxygen atoms in total. The number of halogens is 6. The number of benzene rings is 3. The number of hydrogen-bond acceptors (Lipinski definition) is 6. The van der Waals surface area contributed by atoms with Gasteiger partial charge in [0.15, 0.2) is 0 Å². The number of ketones is 1. The first-order valence-electron chi connectivity index (χ1n) is 14.6. The summed E-state index contributed by atoms with van der Waals surface area (Å²) in [4.78, 5) is 52.6. The van der Waals surface area contributed by atoms with Crippen LogP contribution in [-0.4, -0.2) is 48.9 Å². The number of ether oxygens (including phenoxy) is 1. The van der Waals surface area contributed by atoms with E-state index in [1.165, 1.54) is 45.2 Å². The molecule has 3 aromatic rings. The molecule has 0 radical (unpaired) electrons. The second kappa shape index (κ2) is 15.8. The average Bonchev–Trinajstić information content (AvgIpc) is 3.04. The van der Waals surface area contributed by atoms with Crippen molar-refractivity contribution in [1.82, 2.24) is 16.0 Å². The van der Waals surface area contributed by atoms with Crippen molar-refractivity contribution in [3.05, 3.63) is 101 Å². The molecule has 258 valence electrons. The Balaban J connectivity index is 2.00. The molecule has 3 atom stereocenters. The third-order valence-corrected chi connectivity index (χ3v) is 7.30. The van der Waals surface area contributed by atoms with E-state index in [2.05, 4.69) is 16.0 Å². The Labute approximate surface area is 272 Å². The quantitative estimate of drug-likeness (QED) is 0.194. The molecule has 3 amide bonds. The summed E-state index contributed by atoms with van der Waals surface area (Å²) in [6, 6.07) is 10.5. The smallest absolute Gasteiger partial charge is 0.452 e. The SMILES string of the molecule is COc1ccc([C@H](NC(=O)[C@H](Cc2ccc(CN)cc2)NC(=O)c2cccc(C(F)(F)F)c2)C(=O)N[C@H](C(=O)C(F)(F)F)C(C)C)cc1. The number of nitrogens with one attached hydrogen (secondary N) is 3. The van der Waals surface area contributed by atoms with E-state index in [0.717, 1.165) is 23.8 Å². The van der Waals surface area contributed by atoms with Crippen LogP contribution >= 0.6 is 0 Å². The molecule has 0 heterocycles. The first-order valence-corrected chi connectivity index (χ1v) is 14.6. The van der Waals surface area contributed by atoms with Gasteiger partial charge in [-0.05, 0) is 52.9 Å². The Bertz CT molecular complexity index is 1590. The summed E-state index contributed by atoms with van der Waals surface area (Å²) in [6.07, 6.45) is -10.2. The van der Waals surface area contributed by atoms with Gasteiger partial charge in [-0.15, -0.1) is 0 Å². The minimum Gasteiger partial charge on any atom is -0.497 e. The Hall–Kier alpha value is -4.92. The fourth-order valence-electron chi connectivity index (χ4n) is 4.62. The van der Waals surface area contributed by atoms with Crippen molar-refractivity contribution >= 4 is 23.5 Å². The van der Waals surface area contributed by atoms with Crippen LogP contribution in [0.3, 0.4) is 0 Å². The van der Waals surface area contributed by atoms with E-state index in [0.29, 0.717) is 17.4 Å². The van der Waals surface area contributed by atoms with Gasteiger partial charge < -0.3 is 26.4 Å². The molecule has 0 aliphatic rings. The lowest BCUT2D eigenvalue weighted by Gasteiger charge is -2.27. The number of amides is 3. The van der Waals surface area contributed by atoms with Gasteiger partial charge in [0.1, 0.15) is 17.8 Å². The molecule has 0 spiro atoms. The lowest BCUT2D eigenvalue weighted by Crippen LogP contribution is -2.55. The highest BCUT2D eigenvalue weighted by atomic mass is 19.4. The van der Waals surface area contributed by atoms with Crippen molar-refractivity contribution in [2.75, 3.05) is 7.11 Å². The number of nitrogens with two attached hydrogens (primary N) is 1. The summed E-state index contributed by atoms with van der Waals surface area (Å²) < 4.78 is 85.1. The van der Waals surface area contributed by atoms with Crippen LogP contribution in [0.2, 0.25) is 0 Å². The standard InChI is InChI=1S/C33H34F6N4O5/c1-18(2)26(28(44)33(37,38)39)42-31(47)27(21-11-13-24(48-3)14-12-21)43-30(46)25(15-19-7-9-20(17-40)10-8-19)41-29(45)22-5-4-6-23(16-22)32(34,35)36/h4-14,16,18,25-27H,15,17,40H2,1-3H3,(H,41,45)(H,42,47)(H,43,46)/t25-,26-,27-/m0/s1. The number of methoxy groups -OCH3 is 1. The Kier molecular flexibility index (Phi) is 12.3. The number of rotatable bonds is 13. The fraction of sp³-hybridized carbons (Fsp3) is 0.333. The molecule has 5 N–H and O–H groups in total. The maximum atomic E-state index is 13.8. The van der Waals surface area contributed by atoms with E-state index in [9.17, 15) is 45.5 Å². The van der Waals surface area contributed by atoms with Crippen LogP contribution in [0, 0.1) is 5.92 Å². The van der Waals surface area contributed by atoms with Crippen molar-refractivity contribution in [1.29, 1.82) is 0 Å². The predicted octanol–water partition coefficient (Wildman–Crippen LogP) is 4.64. The minimum absolute atomic E-state index is 0.0823. The van der Waals surface area contributed by atoms with Crippen LogP contribution in [-0.2, 0) is 33.5 Å². The lowest BCUT2D eigenvalue weighted by atomic mass is 9.97. The molecular formula is C33H34F6N4O5. The van der Waals surface area contributed by atoms with Crippen LogP contribution < -0.4 is 26.4 Å². The Morgan fingerprint density at radius 1 is 0.792 bits per heavy atom. The van der Waals surface area contributed by atoms with Crippen LogP contribution in [0.5, 0.6) is 5.75 Å².